The van der Waals surface area contributed by atoms with Crippen LogP contribution >= 0.6 is 11.8 Å². The maximum Gasteiger partial charge on any atom is 0.338 e. The summed E-state index contributed by atoms with van der Waals surface area (Å²) in [6.45, 7) is 2.48. The van der Waals surface area contributed by atoms with Gasteiger partial charge in [-0.2, -0.15) is 0 Å². The number of rotatable bonds is 9. The van der Waals surface area contributed by atoms with Gasteiger partial charge in [0.15, 0.2) is 0 Å². The quantitative estimate of drug-likeness (QED) is 0.399. The fourth-order valence-corrected chi connectivity index (χ4v) is 2.96. The molecule has 0 spiro atoms. The third-order valence-electron chi connectivity index (χ3n) is 3.48. The topological polar surface area (TPSA) is 55.4 Å². The van der Waals surface area contributed by atoms with Gasteiger partial charge in [-0.05, 0) is 42.8 Å². The first-order valence-electron chi connectivity index (χ1n) is 8.44. The molecule has 132 valence electrons. The molecule has 2 aromatic carbocycles. The highest BCUT2D eigenvalue weighted by Gasteiger charge is 2.08. The molecule has 0 aliphatic heterocycles. The molecule has 2 aromatic rings. The summed E-state index contributed by atoms with van der Waals surface area (Å²) < 4.78 is 5.16. The van der Waals surface area contributed by atoms with Gasteiger partial charge < -0.3 is 10.1 Å². The number of amides is 1. The predicted molar refractivity (Wildman–Crippen MR) is 102 cm³/mol. The van der Waals surface area contributed by atoms with Crippen LogP contribution in [0.3, 0.4) is 0 Å². The molecule has 0 radical (unpaired) electrons. The van der Waals surface area contributed by atoms with E-state index in [9.17, 15) is 9.59 Å². The lowest BCUT2D eigenvalue weighted by molar-refractivity contribution is -0.115. The smallest absolute Gasteiger partial charge is 0.338 e. The lowest BCUT2D eigenvalue weighted by Crippen LogP contribution is -2.12. The zero-order valence-electron chi connectivity index (χ0n) is 14.4. The van der Waals surface area contributed by atoms with Crippen molar-refractivity contribution in [2.45, 2.75) is 31.1 Å². The van der Waals surface area contributed by atoms with E-state index in [1.54, 1.807) is 36.0 Å². The number of hydrogen-bond donors (Lipinski definition) is 1. The van der Waals surface area contributed by atoms with E-state index in [-0.39, 0.29) is 11.9 Å². The van der Waals surface area contributed by atoms with E-state index in [0.29, 0.717) is 24.3 Å². The summed E-state index contributed by atoms with van der Waals surface area (Å²) >= 11 is 1.65. The van der Waals surface area contributed by atoms with E-state index >= 15 is 0 Å². The van der Waals surface area contributed by atoms with Crippen LogP contribution in [0.1, 0.15) is 36.5 Å². The minimum Gasteiger partial charge on any atom is -0.462 e. The summed E-state index contributed by atoms with van der Waals surface area (Å²) in [6, 6.07) is 16.8. The van der Waals surface area contributed by atoms with Crippen molar-refractivity contribution in [1.29, 1.82) is 0 Å². The average molecular weight is 357 g/mol. The minimum absolute atomic E-state index is 0.0401. The van der Waals surface area contributed by atoms with Crippen LogP contribution < -0.4 is 5.32 Å². The number of unbranched alkanes of at least 4 members (excludes halogenated alkanes) is 1. The second-order valence-corrected chi connectivity index (χ2v) is 6.69. The van der Waals surface area contributed by atoms with Crippen molar-refractivity contribution in [1.82, 2.24) is 0 Å². The SMILES string of the molecule is CCCCOC(=O)c1ccc(NC(=O)CCSc2ccccc2)cc1. The molecular weight excluding hydrogens is 334 g/mol. The Hall–Kier alpha value is -2.27. The summed E-state index contributed by atoms with van der Waals surface area (Å²) in [5.74, 6) is 0.352. The van der Waals surface area contributed by atoms with Crippen molar-refractivity contribution in [2.24, 2.45) is 0 Å². The Kier molecular flexibility index (Phi) is 8.05. The molecule has 0 atom stereocenters. The number of ether oxygens (including phenoxy) is 1. The van der Waals surface area contributed by atoms with E-state index in [1.165, 1.54) is 0 Å². The van der Waals surface area contributed by atoms with Crippen LogP contribution in [0.15, 0.2) is 59.5 Å². The molecule has 2 rings (SSSR count). The third-order valence-corrected chi connectivity index (χ3v) is 4.49. The van der Waals surface area contributed by atoms with Gasteiger partial charge in [0.1, 0.15) is 0 Å². The number of esters is 1. The minimum atomic E-state index is -0.328. The number of carbonyl (C=O) groups excluding carboxylic acids is 2. The van der Waals surface area contributed by atoms with Gasteiger partial charge in [-0.1, -0.05) is 31.5 Å². The highest BCUT2D eigenvalue weighted by Crippen LogP contribution is 2.18. The molecule has 0 aliphatic rings. The number of nitrogens with one attached hydrogen (secondary N) is 1. The molecule has 0 unspecified atom stereocenters. The van der Waals surface area contributed by atoms with Crippen molar-refractivity contribution in [3.8, 4) is 0 Å². The van der Waals surface area contributed by atoms with Gasteiger partial charge >= 0.3 is 5.97 Å². The van der Waals surface area contributed by atoms with Crippen molar-refractivity contribution in [2.75, 3.05) is 17.7 Å². The Balaban J connectivity index is 1.74. The molecule has 5 heteroatoms. The van der Waals surface area contributed by atoms with Crippen LogP contribution in [0.4, 0.5) is 5.69 Å². The Morgan fingerprint density at radius 1 is 1.04 bits per heavy atom. The lowest BCUT2D eigenvalue weighted by Gasteiger charge is -2.07. The molecule has 0 aromatic heterocycles. The van der Waals surface area contributed by atoms with E-state index in [2.05, 4.69) is 5.32 Å². The number of benzene rings is 2. The van der Waals surface area contributed by atoms with Crippen LogP contribution in [0.25, 0.3) is 0 Å². The Labute approximate surface area is 153 Å². The molecule has 0 aliphatic carbocycles. The summed E-state index contributed by atoms with van der Waals surface area (Å²) in [7, 11) is 0. The second kappa shape index (κ2) is 10.6. The fourth-order valence-electron chi connectivity index (χ4n) is 2.08. The summed E-state index contributed by atoms with van der Waals surface area (Å²) in [4.78, 5) is 25.0. The Bertz CT molecular complexity index is 671. The van der Waals surface area contributed by atoms with Crippen LogP contribution in [0.5, 0.6) is 0 Å². The molecule has 0 heterocycles. The first kappa shape index (κ1) is 19.1. The van der Waals surface area contributed by atoms with E-state index in [0.717, 1.165) is 23.5 Å². The molecular formula is C20H23NO3S. The number of hydrogen-bond acceptors (Lipinski definition) is 4. The molecule has 0 saturated carbocycles. The monoisotopic (exact) mass is 357 g/mol. The summed E-state index contributed by atoms with van der Waals surface area (Å²) in [6.07, 6.45) is 2.28. The Morgan fingerprint density at radius 3 is 2.44 bits per heavy atom. The van der Waals surface area contributed by atoms with E-state index in [4.69, 9.17) is 4.74 Å². The van der Waals surface area contributed by atoms with E-state index < -0.39 is 0 Å². The van der Waals surface area contributed by atoms with Crippen LogP contribution in [-0.2, 0) is 9.53 Å². The molecule has 0 fully saturated rings. The zero-order valence-corrected chi connectivity index (χ0v) is 15.2. The highest BCUT2D eigenvalue weighted by molar-refractivity contribution is 7.99. The number of thioether (sulfide) groups is 1. The molecule has 0 bridgehead atoms. The van der Waals surface area contributed by atoms with Gasteiger partial charge in [0.2, 0.25) is 5.91 Å². The maximum absolute atomic E-state index is 12.0. The number of carbonyl (C=O) groups is 2. The molecule has 4 nitrogen and oxygen atoms in total. The number of anilines is 1. The first-order valence-corrected chi connectivity index (χ1v) is 9.42. The Morgan fingerprint density at radius 2 is 1.76 bits per heavy atom. The van der Waals surface area contributed by atoms with Crippen LogP contribution in [-0.4, -0.2) is 24.2 Å². The first-order chi connectivity index (χ1) is 12.2. The van der Waals surface area contributed by atoms with Gasteiger partial charge in [0.05, 0.1) is 12.2 Å². The predicted octanol–water partition coefficient (Wildman–Crippen LogP) is 4.76. The fraction of sp³-hybridized carbons (Fsp3) is 0.300. The maximum atomic E-state index is 12.0. The third kappa shape index (κ3) is 7.01. The summed E-state index contributed by atoms with van der Waals surface area (Å²) in [5, 5.41) is 2.84. The standard InChI is InChI=1S/C20H23NO3S/c1-2-3-14-24-20(23)16-9-11-17(12-10-16)21-19(22)13-15-25-18-7-5-4-6-8-18/h4-12H,2-3,13-15H2,1H3,(H,21,22). The van der Waals surface area contributed by atoms with Crippen molar-refractivity contribution < 1.29 is 14.3 Å². The lowest BCUT2D eigenvalue weighted by atomic mass is 10.2. The van der Waals surface area contributed by atoms with Crippen molar-refractivity contribution in [3.63, 3.8) is 0 Å². The van der Waals surface area contributed by atoms with Gasteiger partial charge in [0, 0.05) is 22.8 Å². The normalized spacial score (nSPS) is 10.3. The van der Waals surface area contributed by atoms with Gasteiger partial charge in [-0.3, -0.25) is 4.79 Å². The molecule has 25 heavy (non-hydrogen) atoms. The summed E-state index contributed by atoms with van der Waals surface area (Å²) in [5.41, 5.74) is 1.17. The van der Waals surface area contributed by atoms with Gasteiger partial charge in [0.25, 0.3) is 0 Å². The average Bonchev–Trinajstić information content (AvgIpc) is 2.63. The van der Waals surface area contributed by atoms with Crippen molar-refractivity contribution in [3.05, 3.63) is 60.2 Å². The van der Waals surface area contributed by atoms with Crippen LogP contribution in [0.2, 0.25) is 0 Å². The molecule has 1 amide bonds. The second-order valence-electron chi connectivity index (χ2n) is 5.53. The highest BCUT2D eigenvalue weighted by atomic mass is 32.2. The van der Waals surface area contributed by atoms with Gasteiger partial charge in [-0.15, -0.1) is 11.8 Å². The van der Waals surface area contributed by atoms with Gasteiger partial charge in [-0.25, -0.2) is 4.79 Å². The van der Waals surface area contributed by atoms with Crippen LogP contribution in [0, 0.1) is 0 Å². The molecule has 1 N–H and O–H groups in total. The van der Waals surface area contributed by atoms with Crippen molar-refractivity contribution >= 4 is 29.3 Å². The molecule has 0 saturated heterocycles. The van der Waals surface area contributed by atoms with E-state index in [1.807, 2.05) is 37.3 Å². The largest absolute Gasteiger partial charge is 0.462 e. The zero-order chi connectivity index (χ0) is 17.9.